The normalized spacial score (nSPS) is 19.0. The van der Waals surface area contributed by atoms with Crippen molar-refractivity contribution in [3.63, 3.8) is 0 Å². The van der Waals surface area contributed by atoms with Crippen LogP contribution in [0.2, 0.25) is 0 Å². The molecule has 1 fully saturated rings. The predicted molar refractivity (Wildman–Crippen MR) is 124 cm³/mol. The van der Waals surface area contributed by atoms with Crippen molar-refractivity contribution in [3.8, 4) is 11.5 Å². The lowest BCUT2D eigenvalue weighted by atomic mass is 9.83. The summed E-state index contributed by atoms with van der Waals surface area (Å²) in [5, 5.41) is 3.00. The van der Waals surface area contributed by atoms with Crippen molar-refractivity contribution in [2.75, 3.05) is 19.9 Å². The Labute approximate surface area is 197 Å². The molecule has 0 spiro atoms. The number of hydrogen-bond acceptors (Lipinski definition) is 4. The van der Waals surface area contributed by atoms with Crippen LogP contribution in [0.3, 0.4) is 0 Å². The number of fused-ring (bicyclic) bond motifs is 1. The molecule has 5 rings (SSSR count). The topological polar surface area (TPSA) is 67.9 Å². The van der Waals surface area contributed by atoms with Gasteiger partial charge in [-0.15, -0.1) is 0 Å². The summed E-state index contributed by atoms with van der Waals surface area (Å²) in [6, 6.07) is 21.4. The number of nitrogens with one attached hydrogen (secondary N) is 1. The van der Waals surface area contributed by atoms with Crippen LogP contribution in [0.15, 0.2) is 72.8 Å². The summed E-state index contributed by atoms with van der Waals surface area (Å²) in [6.07, 6.45) is 0.609. The van der Waals surface area contributed by atoms with Gasteiger partial charge in [-0.2, -0.15) is 0 Å². The van der Waals surface area contributed by atoms with Crippen LogP contribution in [0.4, 0.5) is 4.39 Å². The van der Waals surface area contributed by atoms with Crippen molar-refractivity contribution in [3.05, 3.63) is 95.3 Å². The van der Waals surface area contributed by atoms with E-state index >= 15 is 0 Å². The highest BCUT2D eigenvalue weighted by Gasteiger charge is 2.35. The third kappa shape index (κ3) is 4.59. The van der Waals surface area contributed by atoms with Crippen LogP contribution < -0.4 is 14.8 Å². The minimum absolute atomic E-state index is 0.0213. The van der Waals surface area contributed by atoms with Crippen LogP contribution in [-0.2, 0) is 11.3 Å². The van der Waals surface area contributed by atoms with Crippen molar-refractivity contribution in [2.24, 2.45) is 5.92 Å². The van der Waals surface area contributed by atoms with Crippen molar-refractivity contribution >= 4 is 11.8 Å². The fraction of sp³-hybridized carbons (Fsp3) is 0.259. The molecule has 34 heavy (non-hydrogen) atoms. The molecule has 0 radical (unpaired) electrons. The Hall–Kier alpha value is -3.87. The molecule has 174 valence electrons. The Kier molecular flexibility index (Phi) is 6.16. The lowest BCUT2D eigenvalue weighted by molar-refractivity contribution is -0.126. The van der Waals surface area contributed by atoms with Gasteiger partial charge in [0.2, 0.25) is 12.7 Å². The van der Waals surface area contributed by atoms with Gasteiger partial charge in [0, 0.05) is 25.6 Å². The smallest absolute Gasteiger partial charge is 0.256 e. The minimum Gasteiger partial charge on any atom is -0.454 e. The number of benzene rings is 3. The molecule has 0 saturated carbocycles. The highest BCUT2D eigenvalue weighted by atomic mass is 19.1. The fourth-order valence-corrected chi connectivity index (χ4v) is 4.61. The second kappa shape index (κ2) is 9.55. The SMILES string of the molecule is O=C(NCc1ccc2c(c1)OCO2)[C@H]1C[C@@H](c2ccccc2)CN(C(=O)c2ccccc2F)C1. The number of likely N-dealkylation sites (tertiary alicyclic amines) is 1. The summed E-state index contributed by atoms with van der Waals surface area (Å²) < 4.78 is 25.1. The molecule has 3 aromatic carbocycles. The van der Waals surface area contributed by atoms with E-state index in [1.165, 1.54) is 12.1 Å². The maximum Gasteiger partial charge on any atom is 0.256 e. The summed E-state index contributed by atoms with van der Waals surface area (Å²) in [4.78, 5) is 28.0. The van der Waals surface area contributed by atoms with E-state index in [9.17, 15) is 14.0 Å². The number of hydrogen-bond donors (Lipinski definition) is 1. The molecule has 7 heteroatoms. The molecule has 0 bridgehead atoms. The van der Waals surface area contributed by atoms with E-state index in [1.807, 2.05) is 48.5 Å². The number of piperidine rings is 1. The van der Waals surface area contributed by atoms with Gasteiger partial charge in [0.05, 0.1) is 11.5 Å². The summed E-state index contributed by atoms with van der Waals surface area (Å²) >= 11 is 0. The average molecular weight is 461 g/mol. The first kappa shape index (κ1) is 21.9. The van der Waals surface area contributed by atoms with Crippen molar-refractivity contribution in [2.45, 2.75) is 18.9 Å². The van der Waals surface area contributed by atoms with Crippen LogP contribution in [-0.4, -0.2) is 36.6 Å². The number of ether oxygens (including phenoxy) is 2. The van der Waals surface area contributed by atoms with Gasteiger partial charge in [0.15, 0.2) is 11.5 Å². The van der Waals surface area contributed by atoms with Crippen molar-refractivity contribution in [1.82, 2.24) is 10.2 Å². The molecule has 2 heterocycles. The van der Waals surface area contributed by atoms with Gasteiger partial charge >= 0.3 is 0 Å². The molecule has 2 amide bonds. The third-order valence-corrected chi connectivity index (χ3v) is 6.39. The molecule has 1 saturated heterocycles. The maximum absolute atomic E-state index is 14.3. The lowest BCUT2D eigenvalue weighted by Gasteiger charge is -2.37. The molecular weight excluding hydrogens is 435 g/mol. The number of amides is 2. The van der Waals surface area contributed by atoms with Crippen LogP contribution in [0.1, 0.15) is 33.8 Å². The number of carbonyl (C=O) groups excluding carboxylic acids is 2. The standard InChI is InChI=1S/C27H25FN2O4/c28-23-9-5-4-8-22(23)27(32)30-15-20(19-6-2-1-3-7-19)13-21(16-30)26(31)29-14-18-10-11-24-25(12-18)34-17-33-24/h1-12,20-21H,13-17H2,(H,29,31)/t20-,21+/m1/s1. The zero-order valence-electron chi connectivity index (χ0n) is 18.6. The number of halogens is 1. The largest absolute Gasteiger partial charge is 0.454 e. The van der Waals surface area contributed by atoms with Gasteiger partial charge < -0.3 is 19.7 Å². The first-order valence-electron chi connectivity index (χ1n) is 11.3. The first-order valence-corrected chi connectivity index (χ1v) is 11.3. The van der Waals surface area contributed by atoms with Crippen molar-refractivity contribution in [1.29, 1.82) is 0 Å². The van der Waals surface area contributed by atoms with E-state index in [-0.39, 0.29) is 30.7 Å². The quantitative estimate of drug-likeness (QED) is 0.622. The molecular formula is C27H25FN2O4. The minimum atomic E-state index is -0.557. The van der Waals surface area contributed by atoms with Gasteiger partial charge in [-0.1, -0.05) is 48.5 Å². The third-order valence-electron chi connectivity index (χ3n) is 6.39. The molecule has 0 aliphatic carbocycles. The summed E-state index contributed by atoms with van der Waals surface area (Å²) in [5.41, 5.74) is 1.98. The molecule has 2 aliphatic rings. The molecule has 0 unspecified atom stereocenters. The second-order valence-corrected chi connectivity index (χ2v) is 8.64. The number of rotatable bonds is 5. The molecule has 3 aromatic rings. The Morgan fingerprint density at radius 1 is 0.941 bits per heavy atom. The predicted octanol–water partition coefficient (Wildman–Crippen LogP) is 4.12. The van der Waals surface area contributed by atoms with Gasteiger partial charge in [0.1, 0.15) is 5.82 Å². The summed E-state index contributed by atoms with van der Waals surface area (Å²) in [7, 11) is 0. The summed E-state index contributed by atoms with van der Waals surface area (Å²) in [5.74, 6) is -0.170. The maximum atomic E-state index is 14.3. The van der Waals surface area contributed by atoms with Crippen molar-refractivity contribution < 1.29 is 23.5 Å². The Balaban J connectivity index is 1.33. The van der Waals surface area contributed by atoms with Gasteiger partial charge in [-0.25, -0.2) is 4.39 Å². The van der Waals surface area contributed by atoms with Gasteiger partial charge in [-0.3, -0.25) is 9.59 Å². The van der Waals surface area contributed by atoms with Crippen LogP contribution in [0.5, 0.6) is 11.5 Å². The zero-order chi connectivity index (χ0) is 23.5. The van der Waals surface area contributed by atoms with Crippen LogP contribution in [0.25, 0.3) is 0 Å². The monoisotopic (exact) mass is 460 g/mol. The molecule has 1 N–H and O–H groups in total. The Bertz CT molecular complexity index is 1200. The van der Waals surface area contributed by atoms with Gasteiger partial charge in [-0.05, 0) is 41.8 Å². The molecule has 2 atom stereocenters. The zero-order valence-corrected chi connectivity index (χ0v) is 18.6. The van der Waals surface area contributed by atoms with E-state index in [4.69, 9.17) is 9.47 Å². The number of nitrogens with zero attached hydrogens (tertiary/aromatic N) is 1. The fourth-order valence-electron chi connectivity index (χ4n) is 4.61. The molecule has 0 aromatic heterocycles. The summed E-state index contributed by atoms with van der Waals surface area (Å²) in [6.45, 7) is 1.20. The van der Waals surface area contributed by atoms with Crippen LogP contribution >= 0.6 is 0 Å². The average Bonchev–Trinajstić information content (AvgIpc) is 3.35. The molecule has 2 aliphatic heterocycles. The van der Waals surface area contributed by atoms with E-state index in [2.05, 4.69) is 5.32 Å². The highest BCUT2D eigenvalue weighted by Crippen LogP contribution is 2.33. The van der Waals surface area contributed by atoms with E-state index in [0.29, 0.717) is 31.0 Å². The highest BCUT2D eigenvalue weighted by molar-refractivity contribution is 5.95. The second-order valence-electron chi connectivity index (χ2n) is 8.64. The van der Waals surface area contributed by atoms with E-state index < -0.39 is 17.6 Å². The van der Waals surface area contributed by atoms with E-state index in [0.717, 1.165) is 11.1 Å². The van der Waals surface area contributed by atoms with Gasteiger partial charge in [0.25, 0.3) is 5.91 Å². The van der Waals surface area contributed by atoms with Crippen LogP contribution in [0, 0.1) is 11.7 Å². The van der Waals surface area contributed by atoms with E-state index in [1.54, 1.807) is 17.0 Å². The Morgan fingerprint density at radius 3 is 2.53 bits per heavy atom. The number of carbonyl (C=O) groups is 2. The lowest BCUT2D eigenvalue weighted by Crippen LogP contribution is -2.48. The first-order chi connectivity index (χ1) is 16.6. The molecule has 6 nitrogen and oxygen atoms in total. The Morgan fingerprint density at radius 2 is 1.71 bits per heavy atom.